The van der Waals surface area contributed by atoms with Crippen LogP contribution in [0.25, 0.3) is 11.2 Å². The van der Waals surface area contributed by atoms with Crippen LogP contribution < -0.4 is 11.2 Å². The maximum atomic E-state index is 12.3. The highest BCUT2D eigenvalue weighted by Gasteiger charge is 2.20. The molecule has 2 aromatic heterocycles. The van der Waals surface area contributed by atoms with Crippen molar-refractivity contribution in [3.05, 3.63) is 27.2 Å². The molecule has 0 saturated heterocycles. The van der Waals surface area contributed by atoms with E-state index in [1.807, 2.05) is 0 Å². The topological polar surface area (TPSA) is 97.3 Å². The van der Waals surface area contributed by atoms with Crippen molar-refractivity contribution < 1.29 is 13.6 Å². The molecule has 0 radical (unpaired) electrons. The second kappa shape index (κ2) is 8.12. The Bertz CT molecular complexity index is 898. The summed E-state index contributed by atoms with van der Waals surface area (Å²) in [5, 5.41) is 0. The Balaban J connectivity index is 2.02. The van der Waals surface area contributed by atoms with Crippen LogP contribution in [-0.4, -0.2) is 38.1 Å². The second-order valence-electron chi connectivity index (χ2n) is 5.70. The maximum absolute atomic E-state index is 12.3. The van der Waals surface area contributed by atoms with Gasteiger partial charge in [-0.15, -0.1) is 0 Å². The Hall–Kier alpha value is -1.70. The van der Waals surface area contributed by atoms with Crippen molar-refractivity contribution in [1.29, 1.82) is 0 Å². The number of hydrogen-bond donors (Lipinski definition) is 0. The van der Waals surface area contributed by atoms with Crippen LogP contribution in [0.4, 0.5) is 0 Å². The van der Waals surface area contributed by atoms with E-state index in [2.05, 4.69) is 4.98 Å². The highest BCUT2D eigenvalue weighted by molar-refractivity contribution is 7.53. The van der Waals surface area contributed by atoms with Gasteiger partial charge in [-0.3, -0.25) is 18.5 Å². The summed E-state index contributed by atoms with van der Waals surface area (Å²) in [6.45, 7) is 4.79. The molecule has 2 aromatic rings. The predicted molar refractivity (Wildman–Crippen MR) is 95.2 cm³/mol. The molecule has 2 rings (SSSR count). The summed E-state index contributed by atoms with van der Waals surface area (Å²) >= 11 is 0. The van der Waals surface area contributed by atoms with Gasteiger partial charge in [-0.05, 0) is 19.8 Å². The smallest absolute Gasteiger partial charge is 0.325 e. The van der Waals surface area contributed by atoms with Gasteiger partial charge in [-0.2, -0.15) is 0 Å². The molecule has 2 heterocycles. The normalized spacial score (nSPS) is 14.1. The van der Waals surface area contributed by atoms with Crippen LogP contribution in [0, 0.1) is 0 Å². The molecule has 0 spiro atoms. The lowest BCUT2D eigenvalue weighted by atomic mass is 10.3. The lowest BCUT2D eigenvalue weighted by Crippen LogP contribution is -2.37. The Morgan fingerprint density at radius 2 is 1.84 bits per heavy atom. The van der Waals surface area contributed by atoms with Crippen molar-refractivity contribution in [2.45, 2.75) is 33.2 Å². The standard InChI is InChI=1S/C15H25N4O5P/c1-5-23-25(22,6-2)24-10-8-7-9-19-11-16-13-12(19)14(20)18(4)15(21)17(13)3/h11H,5-10H2,1-4H3. The summed E-state index contributed by atoms with van der Waals surface area (Å²) in [6, 6.07) is 0. The van der Waals surface area contributed by atoms with E-state index < -0.39 is 13.3 Å². The number of nitrogens with zero attached hydrogens (tertiary/aromatic N) is 4. The van der Waals surface area contributed by atoms with Crippen LogP contribution in [0.1, 0.15) is 26.7 Å². The lowest BCUT2D eigenvalue weighted by molar-refractivity contribution is 0.208. The van der Waals surface area contributed by atoms with Gasteiger partial charge in [0.05, 0.1) is 19.5 Å². The summed E-state index contributed by atoms with van der Waals surface area (Å²) in [5.74, 6) is 0. The summed E-state index contributed by atoms with van der Waals surface area (Å²) < 4.78 is 26.9. The average Bonchev–Trinajstić information content (AvgIpc) is 3.02. The largest absolute Gasteiger partial charge is 0.332 e. The van der Waals surface area contributed by atoms with Crippen molar-refractivity contribution >= 4 is 18.8 Å². The zero-order valence-electron chi connectivity index (χ0n) is 15.1. The lowest BCUT2D eigenvalue weighted by Gasteiger charge is -2.15. The minimum atomic E-state index is -2.98. The van der Waals surface area contributed by atoms with Gasteiger partial charge in [0.25, 0.3) is 5.56 Å². The number of imidazole rings is 1. The minimum Gasteiger partial charge on any atom is -0.325 e. The minimum absolute atomic E-state index is 0.328. The van der Waals surface area contributed by atoms with Gasteiger partial charge in [-0.25, -0.2) is 9.78 Å². The molecule has 0 fully saturated rings. The monoisotopic (exact) mass is 372 g/mol. The molecule has 0 aromatic carbocycles. The molecule has 0 aliphatic carbocycles. The van der Waals surface area contributed by atoms with Crippen molar-refractivity contribution in [2.24, 2.45) is 14.1 Å². The van der Waals surface area contributed by atoms with Crippen LogP contribution >= 0.6 is 7.60 Å². The average molecular weight is 372 g/mol. The fraction of sp³-hybridized carbons (Fsp3) is 0.667. The molecule has 140 valence electrons. The quantitative estimate of drug-likeness (QED) is 0.489. The van der Waals surface area contributed by atoms with Crippen molar-refractivity contribution in [1.82, 2.24) is 18.7 Å². The van der Waals surface area contributed by atoms with Crippen LogP contribution in [0.15, 0.2) is 15.9 Å². The molecule has 25 heavy (non-hydrogen) atoms. The third-order valence-corrected chi connectivity index (χ3v) is 6.01. The Morgan fingerprint density at radius 1 is 1.12 bits per heavy atom. The van der Waals surface area contributed by atoms with Crippen LogP contribution in [-0.2, 0) is 34.3 Å². The summed E-state index contributed by atoms with van der Waals surface area (Å²) in [4.78, 5) is 28.4. The zero-order valence-corrected chi connectivity index (χ0v) is 16.0. The fourth-order valence-electron chi connectivity index (χ4n) is 2.57. The number of aryl methyl sites for hydroxylation is 2. The first-order chi connectivity index (χ1) is 11.8. The SMILES string of the molecule is CCOP(=O)(CC)OCCCCn1cnc2c1c(=O)n(C)c(=O)n2C. The molecule has 0 bridgehead atoms. The maximum Gasteiger partial charge on any atom is 0.332 e. The van der Waals surface area contributed by atoms with Gasteiger partial charge in [0.1, 0.15) is 0 Å². The van der Waals surface area contributed by atoms with E-state index in [0.29, 0.717) is 49.9 Å². The van der Waals surface area contributed by atoms with Gasteiger partial charge >= 0.3 is 13.3 Å². The predicted octanol–water partition coefficient (Wildman–Crippen LogP) is 1.48. The molecular weight excluding hydrogens is 347 g/mol. The number of fused-ring (bicyclic) bond motifs is 1. The van der Waals surface area contributed by atoms with Gasteiger partial charge < -0.3 is 13.6 Å². The molecule has 1 atom stereocenters. The van der Waals surface area contributed by atoms with Gasteiger partial charge in [0, 0.05) is 26.8 Å². The van der Waals surface area contributed by atoms with E-state index in [1.165, 1.54) is 11.6 Å². The summed E-state index contributed by atoms with van der Waals surface area (Å²) in [6.07, 6.45) is 3.29. The Labute approximate surface area is 145 Å². The highest BCUT2D eigenvalue weighted by atomic mass is 31.2. The van der Waals surface area contributed by atoms with Gasteiger partial charge in [0.2, 0.25) is 0 Å². The Morgan fingerprint density at radius 3 is 2.48 bits per heavy atom. The molecule has 0 aliphatic rings. The van der Waals surface area contributed by atoms with Gasteiger partial charge in [-0.1, -0.05) is 6.92 Å². The Kier molecular flexibility index (Phi) is 6.37. The van der Waals surface area contributed by atoms with E-state index in [4.69, 9.17) is 9.05 Å². The van der Waals surface area contributed by atoms with Crippen molar-refractivity contribution in [3.8, 4) is 0 Å². The molecule has 0 amide bonds. The molecular formula is C15H25N4O5P. The van der Waals surface area contributed by atoms with E-state index >= 15 is 0 Å². The first-order valence-electron chi connectivity index (χ1n) is 8.33. The van der Waals surface area contributed by atoms with E-state index in [-0.39, 0.29) is 5.56 Å². The van der Waals surface area contributed by atoms with Crippen LogP contribution in [0.2, 0.25) is 0 Å². The molecule has 1 unspecified atom stereocenters. The van der Waals surface area contributed by atoms with Crippen molar-refractivity contribution in [2.75, 3.05) is 19.4 Å². The molecule has 0 aliphatic heterocycles. The number of hydrogen-bond acceptors (Lipinski definition) is 6. The zero-order chi connectivity index (χ0) is 18.6. The fourth-order valence-corrected chi connectivity index (χ4v) is 3.81. The van der Waals surface area contributed by atoms with E-state index in [0.717, 1.165) is 4.57 Å². The first-order valence-corrected chi connectivity index (χ1v) is 10.1. The number of aromatic nitrogens is 4. The van der Waals surface area contributed by atoms with Crippen LogP contribution in [0.5, 0.6) is 0 Å². The number of unbranched alkanes of at least 4 members (excludes halogenated alkanes) is 1. The summed E-state index contributed by atoms with van der Waals surface area (Å²) in [7, 11) is 0.0617. The first kappa shape index (κ1) is 19.6. The molecule has 9 nitrogen and oxygen atoms in total. The van der Waals surface area contributed by atoms with E-state index in [1.54, 1.807) is 31.8 Å². The third kappa shape index (κ3) is 4.11. The van der Waals surface area contributed by atoms with Crippen molar-refractivity contribution in [3.63, 3.8) is 0 Å². The summed E-state index contributed by atoms with van der Waals surface area (Å²) in [5.41, 5.74) is 0.0105. The molecule has 0 N–H and O–H groups in total. The highest BCUT2D eigenvalue weighted by Crippen LogP contribution is 2.47. The second-order valence-corrected chi connectivity index (χ2v) is 8.07. The van der Waals surface area contributed by atoms with Gasteiger partial charge in [0.15, 0.2) is 11.2 Å². The van der Waals surface area contributed by atoms with Crippen LogP contribution in [0.3, 0.4) is 0 Å². The molecule has 10 heteroatoms. The molecule has 0 saturated carbocycles. The van der Waals surface area contributed by atoms with E-state index in [9.17, 15) is 14.2 Å². The number of rotatable bonds is 9. The third-order valence-electron chi connectivity index (χ3n) is 4.01.